The third-order valence-electron chi connectivity index (χ3n) is 4.59. The summed E-state index contributed by atoms with van der Waals surface area (Å²) in [5.74, 6) is 1.40. The topological polar surface area (TPSA) is 37.4 Å². The predicted octanol–water partition coefficient (Wildman–Crippen LogP) is 3.46. The van der Waals surface area contributed by atoms with E-state index >= 15 is 0 Å². The van der Waals surface area contributed by atoms with E-state index in [4.69, 9.17) is 16.2 Å². The van der Waals surface area contributed by atoms with Crippen LogP contribution in [0.15, 0.2) is 35.5 Å². The molecule has 0 spiro atoms. The average Bonchev–Trinajstić information content (AvgIpc) is 2.96. The Bertz CT molecular complexity index is 664. The zero-order chi connectivity index (χ0) is 14.9. The van der Waals surface area contributed by atoms with Gasteiger partial charge in [-0.05, 0) is 43.3 Å². The number of fused-ring (bicyclic) bond motifs is 2. The van der Waals surface area contributed by atoms with E-state index in [2.05, 4.69) is 26.7 Å². The molecule has 0 amide bonds. The molecule has 2 saturated heterocycles. The summed E-state index contributed by atoms with van der Waals surface area (Å²) in [6.45, 7) is 3.39. The quantitative estimate of drug-likeness (QED) is 0.869. The van der Waals surface area contributed by atoms with Gasteiger partial charge in [-0.25, -0.2) is 4.31 Å². The van der Waals surface area contributed by atoms with Crippen molar-refractivity contribution in [2.75, 3.05) is 19.6 Å². The van der Waals surface area contributed by atoms with Crippen molar-refractivity contribution in [2.45, 2.75) is 23.8 Å². The first-order chi connectivity index (χ1) is 10.8. The van der Waals surface area contributed by atoms with Crippen molar-refractivity contribution in [3.63, 3.8) is 0 Å². The summed E-state index contributed by atoms with van der Waals surface area (Å²) in [6.07, 6.45) is 6.16. The second kappa shape index (κ2) is 6.24. The van der Waals surface area contributed by atoms with Crippen molar-refractivity contribution in [1.29, 1.82) is 0 Å². The van der Waals surface area contributed by atoms with E-state index in [0.717, 1.165) is 36.3 Å². The number of nitrogens with one attached hydrogen (secondary N) is 1. The molecule has 0 saturated carbocycles. The van der Waals surface area contributed by atoms with Crippen LogP contribution < -0.4 is 9.61 Å². The van der Waals surface area contributed by atoms with Crippen molar-refractivity contribution in [3.8, 4) is 5.75 Å². The number of hydrogen-bond donors (Lipinski definition) is 1. The largest absolute Gasteiger partial charge is 0.383 e. The molecule has 3 heterocycles. The lowest BCUT2D eigenvalue weighted by Gasteiger charge is -2.24. The van der Waals surface area contributed by atoms with E-state index in [1.54, 1.807) is 18.1 Å². The summed E-state index contributed by atoms with van der Waals surface area (Å²) >= 11 is 7.42. The highest BCUT2D eigenvalue weighted by molar-refractivity contribution is 7.97. The number of hydrogen-bond acceptors (Lipinski definition) is 5. The first kappa shape index (κ1) is 14.6. The molecule has 4 nitrogen and oxygen atoms in total. The highest BCUT2D eigenvalue weighted by atomic mass is 35.5. The standard InChI is InChI=1S/C16H18ClN3OS/c17-21-14-8-18-7-11-3-1-5-15(16(11)14)22-20-9-12-4-2-6-19-13(12)10-20/h1,3,5,7-8,12-13,19H,2,4,6,9-10H2. The fourth-order valence-electron chi connectivity index (χ4n) is 3.52. The molecule has 2 aliphatic rings. The van der Waals surface area contributed by atoms with Gasteiger partial charge in [0.05, 0.1) is 6.20 Å². The highest BCUT2D eigenvalue weighted by Crippen LogP contribution is 2.39. The lowest BCUT2D eigenvalue weighted by molar-refractivity contribution is 0.339. The molecule has 2 aromatic rings. The van der Waals surface area contributed by atoms with Gasteiger partial charge in [-0.1, -0.05) is 12.1 Å². The summed E-state index contributed by atoms with van der Waals surface area (Å²) < 4.78 is 7.45. The normalized spacial score (nSPS) is 25.3. The molecule has 2 unspecified atom stereocenters. The van der Waals surface area contributed by atoms with E-state index < -0.39 is 0 Å². The summed E-state index contributed by atoms with van der Waals surface area (Å²) in [6, 6.07) is 6.87. The smallest absolute Gasteiger partial charge is 0.173 e. The minimum Gasteiger partial charge on any atom is -0.383 e. The predicted molar refractivity (Wildman–Crippen MR) is 90.2 cm³/mol. The number of benzene rings is 1. The van der Waals surface area contributed by atoms with E-state index in [0.29, 0.717) is 11.8 Å². The molecular formula is C16H18ClN3OS. The number of pyridine rings is 1. The van der Waals surface area contributed by atoms with Gasteiger partial charge in [-0.3, -0.25) is 4.98 Å². The van der Waals surface area contributed by atoms with E-state index in [9.17, 15) is 0 Å². The molecule has 6 heteroatoms. The van der Waals surface area contributed by atoms with Crippen LogP contribution >= 0.6 is 23.8 Å². The molecule has 1 aromatic heterocycles. The van der Waals surface area contributed by atoms with Crippen LogP contribution in [0, 0.1) is 5.92 Å². The first-order valence-electron chi connectivity index (χ1n) is 7.67. The molecule has 4 rings (SSSR count). The Morgan fingerprint density at radius 1 is 1.32 bits per heavy atom. The molecule has 1 aromatic carbocycles. The lowest BCUT2D eigenvalue weighted by Crippen LogP contribution is -2.40. The number of aromatic nitrogens is 1. The first-order valence-corrected chi connectivity index (χ1v) is 8.75. The SMILES string of the molecule is ClOc1cncc2cccc(SN3CC4CCCNC4C3)c12. The van der Waals surface area contributed by atoms with Crippen LogP contribution in [0.2, 0.25) is 0 Å². The molecule has 1 N–H and O–H groups in total. The maximum Gasteiger partial charge on any atom is 0.173 e. The van der Waals surface area contributed by atoms with Crippen LogP contribution in [-0.4, -0.2) is 35.0 Å². The zero-order valence-electron chi connectivity index (χ0n) is 12.2. The molecule has 2 atom stereocenters. The molecule has 2 aliphatic heterocycles. The Morgan fingerprint density at radius 3 is 3.14 bits per heavy atom. The summed E-state index contributed by atoms with van der Waals surface area (Å²) in [5, 5.41) is 5.74. The number of halogens is 1. The third-order valence-corrected chi connectivity index (χ3v) is 5.85. The van der Waals surface area contributed by atoms with Crippen molar-refractivity contribution in [1.82, 2.24) is 14.6 Å². The van der Waals surface area contributed by atoms with Crippen LogP contribution in [0.5, 0.6) is 5.75 Å². The van der Waals surface area contributed by atoms with Gasteiger partial charge in [0.25, 0.3) is 0 Å². The molecule has 0 bridgehead atoms. The molecule has 116 valence electrons. The fraction of sp³-hybridized carbons (Fsp3) is 0.438. The molecular weight excluding hydrogens is 318 g/mol. The molecule has 0 aliphatic carbocycles. The number of rotatable bonds is 3. The maximum atomic E-state index is 5.62. The average molecular weight is 336 g/mol. The van der Waals surface area contributed by atoms with Gasteiger partial charge in [-0.15, -0.1) is 0 Å². The summed E-state index contributed by atoms with van der Waals surface area (Å²) in [4.78, 5) is 5.35. The Morgan fingerprint density at radius 2 is 2.27 bits per heavy atom. The van der Waals surface area contributed by atoms with Gasteiger partial charge in [0, 0.05) is 41.0 Å². The van der Waals surface area contributed by atoms with Crippen LogP contribution in [-0.2, 0) is 0 Å². The van der Waals surface area contributed by atoms with Gasteiger partial charge in [0.15, 0.2) is 5.75 Å². The van der Waals surface area contributed by atoms with Crippen LogP contribution in [0.1, 0.15) is 12.8 Å². The second-order valence-corrected chi connectivity index (χ2v) is 7.26. The van der Waals surface area contributed by atoms with Gasteiger partial charge in [0.1, 0.15) is 11.9 Å². The van der Waals surface area contributed by atoms with Crippen molar-refractivity contribution in [3.05, 3.63) is 30.6 Å². The molecule has 2 fully saturated rings. The van der Waals surface area contributed by atoms with Crippen LogP contribution in [0.25, 0.3) is 10.8 Å². The minimum absolute atomic E-state index is 0.622. The highest BCUT2D eigenvalue weighted by Gasteiger charge is 2.34. The van der Waals surface area contributed by atoms with Crippen LogP contribution in [0.4, 0.5) is 0 Å². The Balaban J connectivity index is 1.62. The van der Waals surface area contributed by atoms with Gasteiger partial charge < -0.3 is 9.61 Å². The van der Waals surface area contributed by atoms with Crippen molar-refractivity contribution in [2.24, 2.45) is 5.92 Å². The minimum atomic E-state index is 0.622. The summed E-state index contributed by atoms with van der Waals surface area (Å²) in [5.41, 5.74) is 0. The Hall–Kier alpha value is -1.01. The van der Waals surface area contributed by atoms with E-state index in [-0.39, 0.29) is 0 Å². The monoisotopic (exact) mass is 335 g/mol. The van der Waals surface area contributed by atoms with Gasteiger partial charge >= 0.3 is 0 Å². The number of piperidine rings is 1. The lowest BCUT2D eigenvalue weighted by atomic mass is 9.94. The Labute approximate surface area is 139 Å². The van der Waals surface area contributed by atoms with Crippen molar-refractivity contribution < 1.29 is 4.29 Å². The van der Waals surface area contributed by atoms with Gasteiger partial charge in [-0.2, -0.15) is 0 Å². The number of nitrogens with zero attached hydrogens (tertiary/aromatic N) is 2. The second-order valence-electron chi connectivity index (χ2n) is 5.97. The van der Waals surface area contributed by atoms with Crippen LogP contribution in [0.3, 0.4) is 0 Å². The molecule has 22 heavy (non-hydrogen) atoms. The van der Waals surface area contributed by atoms with Crippen molar-refractivity contribution >= 4 is 34.6 Å². The zero-order valence-corrected chi connectivity index (χ0v) is 13.7. The summed E-state index contributed by atoms with van der Waals surface area (Å²) in [7, 11) is 0. The maximum absolute atomic E-state index is 5.62. The van der Waals surface area contributed by atoms with E-state index in [1.807, 2.05) is 12.3 Å². The fourth-order valence-corrected chi connectivity index (χ4v) is 4.87. The Kier molecular flexibility index (Phi) is 4.13. The van der Waals surface area contributed by atoms with E-state index in [1.165, 1.54) is 17.7 Å². The van der Waals surface area contributed by atoms with Gasteiger partial charge in [0.2, 0.25) is 0 Å². The third kappa shape index (κ3) is 2.67. The molecule has 0 radical (unpaired) electrons.